The summed E-state index contributed by atoms with van der Waals surface area (Å²) in [5.41, 5.74) is 0.974. The van der Waals surface area contributed by atoms with Crippen LogP contribution in [0, 0.1) is 6.92 Å². The van der Waals surface area contributed by atoms with E-state index in [2.05, 4.69) is 4.98 Å². The van der Waals surface area contributed by atoms with Gasteiger partial charge in [0.05, 0.1) is 13.0 Å². The molecule has 1 aromatic heterocycles. The number of hydrogen-bond donors (Lipinski definition) is 1. The number of ether oxygens (including phenoxy) is 1. The zero-order valence-electron chi connectivity index (χ0n) is 13.8. The smallest absolute Gasteiger partial charge is 0.227 e. The van der Waals surface area contributed by atoms with Crippen molar-refractivity contribution in [1.29, 1.82) is 0 Å². The van der Waals surface area contributed by atoms with E-state index in [1.165, 1.54) is 0 Å². The number of aliphatic hydroxyl groups is 1. The van der Waals surface area contributed by atoms with Gasteiger partial charge >= 0.3 is 0 Å². The molecule has 1 unspecified atom stereocenters. The predicted octanol–water partition coefficient (Wildman–Crippen LogP) is 1.97. The summed E-state index contributed by atoms with van der Waals surface area (Å²) in [7, 11) is 0. The van der Waals surface area contributed by atoms with Crippen molar-refractivity contribution in [3.05, 3.63) is 59.9 Å². The van der Waals surface area contributed by atoms with Gasteiger partial charge in [-0.15, -0.1) is 0 Å². The lowest BCUT2D eigenvalue weighted by molar-refractivity contribution is -0.130. The molecule has 1 aliphatic heterocycles. The van der Waals surface area contributed by atoms with Crippen molar-refractivity contribution < 1.29 is 14.6 Å². The highest BCUT2D eigenvalue weighted by molar-refractivity contribution is 5.79. The van der Waals surface area contributed by atoms with E-state index in [0.717, 1.165) is 16.9 Å². The Morgan fingerprint density at radius 2 is 2.04 bits per heavy atom. The van der Waals surface area contributed by atoms with Gasteiger partial charge in [-0.25, -0.2) is 0 Å². The second-order valence-corrected chi connectivity index (χ2v) is 6.38. The normalized spacial score (nSPS) is 20.2. The Morgan fingerprint density at radius 1 is 1.29 bits per heavy atom. The van der Waals surface area contributed by atoms with E-state index in [4.69, 9.17) is 4.74 Å². The largest absolute Gasteiger partial charge is 0.490 e. The average molecular weight is 326 g/mol. The molecule has 0 radical (unpaired) electrons. The van der Waals surface area contributed by atoms with Gasteiger partial charge in [0.1, 0.15) is 18.0 Å². The number of nitrogens with zero attached hydrogens (tertiary/aromatic N) is 2. The molecule has 1 fully saturated rings. The first-order valence-electron chi connectivity index (χ1n) is 8.13. The first-order chi connectivity index (χ1) is 11.6. The van der Waals surface area contributed by atoms with E-state index < -0.39 is 5.60 Å². The van der Waals surface area contributed by atoms with Gasteiger partial charge in [0.25, 0.3) is 0 Å². The molecule has 0 bridgehead atoms. The molecule has 5 nitrogen and oxygen atoms in total. The third-order valence-corrected chi connectivity index (χ3v) is 4.38. The number of carbonyl (C=O) groups excluding carboxylic acids is 1. The topological polar surface area (TPSA) is 62.7 Å². The summed E-state index contributed by atoms with van der Waals surface area (Å²) < 4.78 is 5.77. The Morgan fingerprint density at radius 3 is 2.79 bits per heavy atom. The molecule has 0 aliphatic carbocycles. The molecule has 5 heteroatoms. The third-order valence-electron chi connectivity index (χ3n) is 4.38. The lowest BCUT2D eigenvalue weighted by Gasteiger charge is -2.24. The van der Waals surface area contributed by atoms with Gasteiger partial charge in [0.2, 0.25) is 5.91 Å². The van der Waals surface area contributed by atoms with Gasteiger partial charge in [-0.2, -0.15) is 0 Å². The van der Waals surface area contributed by atoms with Crippen LogP contribution in [0.25, 0.3) is 0 Å². The van der Waals surface area contributed by atoms with Crippen LogP contribution < -0.4 is 4.74 Å². The van der Waals surface area contributed by atoms with Crippen molar-refractivity contribution in [2.45, 2.75) is 25.4 Å². The Balaban J connectivity index is 1.55. The maximum atomic E-state index is 12.4. The van der Waals surface area contributed by atoms with Gasteiger partial charge in [-0.1, -0.05) is 18.2 Å². The summed E-state index contributed by atoms with van der Waals surface area (Å²) in [5.74, 6) is 0.792. The number of β-amino-alcohol motifs (C(OH)–C–C–N with tert-alkyl or cyclic N) is 1. The summed E-state index contributed by atoms with van der Waals surface area (Å²) in [6, 6.07) is 11.4. The number of pyridine rings is 1. The van der Waals surface area contributed by atoms with Crippen LogP contribution in [0.1, 0.15) is 17.5 Å². The van der Waals surface area contributed by atoms with E-state index in [-0.39, 0.29) is 12.5 Å². The maximum absolute atomic E-state index is 12.4. The summed E-state index contributed by atoms with van der Waals surface area (Å²) >= 11 is 0. The van der Waals surface area contributed by atoms with Crippen LogP contribution in [0.4, 0.5) is 0 Å². The monoisotopic (exact) mass is 326 g/mol. The number of benzene rings is 1. The molecule has 1 aromatic carbocycles. The van der Waals surface area contributed by atoms with Gasteiger partial charge < -0.3 is 14.7 Å². The zero-order valence-corrected chi connectivity index (χ0v) is 13.8. The number of carbonyl (C=O) groups is 1. The fraction of sp³-hybridized carbons (Fsp3) is 0.368. The van der Waals surface area contributed by atoms with Crippen LogP contribution in [0.5, 0.6) is 5.75 Å². The molecule has 1 N–H and O–H groups in total. The third kappa shape index (κ3) is 3.92. The molecule has 1 saturated heterocycles. The molecule has 0 saturated carbocycles. The van der Waals surface area contributed by atoms with Crippen LogP contribution >= 0.6 is 0 Å². The number of rotatable bonds is 5. The molecule has 1 atom stereocenters. The molecule has 24 heavy (non-hydrogen) atoms. The minimum atomic E-state index is -0.990. The molecular weight excluding hydrogens is 304 g/mol. The number of amides is 1. The fourth-order valence-electron chi connectivity index (χ4n) is 2.90. The first kappa shape index (κ1) is 16.5. The van der Waals surface area contributed by atoms with Gasteiger partial charge in [-0.05, 0) is 42.7 Å². The standard InChI is InChI=1S/C19H22N2O3/c1-15-4-2-3-5-17(15)24-14-19(23)8-11-21(13-19)18(22)12-16-6-9-20-10-7-16/h2-7,9-10,23H,8,11-14H2,1H3. The van der Waals surface area contributed by atoms with Crippen LogP contribution in [0.2, 0.25) is 0 Å². The summed E-state index contributed by atoms with van der Waals surface area (Å²) in [5, 5.41) is 10.7. The van der Waals surface area contributed by atoms with Crippen LogP contribution in [-0.2, 0) is 11.2 Å². The van der Waals surface area contributed by atoms with E-state index >= 15 is 0 Å². The van der Waals surface area contributed by atoms with Crippen molar-refractivity contribution in [2.75, 3.05) is 19.7 Å². The number of para-hydroxylation sites is 1. The quantitative estimate of drug-likeness (QED) is 0.912. The van der Waals surface area contributed by atoms with Crippen molar-refractivity contribution in [1.82, 2.24) is 9.88 Å². The molecule has 1 amide bonds. The average Bonchev–Trinajstić information content (AvgIpc) is 2.98. The van der Waals surface area contributed by atoms with E-state index in [0.29, 0.717) is 25.9 Å². The minimum absolute atomic E-state index is 0.0213. The number of hydrogen-bond acceptors (Lipinski definition) is 4. The SMILES string of the molecule is Cc1ccccc1OCC1(O)CCN(C(=O)Cc2ccncc2)C1. The maximum Gasteiger partial charge on any atom is 0.227 e. The fourth-order valence-corrected chi connectivity index (χ4v) is 2.90. The zero-order chi connectivity index (χ0) is 17.0. The highest BCUT2D eigenvalue weighted by Crippen LogP contribution is 2.25. The number of aromatic nitrogens is 1. The van der Waals surface area contributed by atoms with Gasteiger partial charge in [-0.3, -0.25) is 9.78 Å². The second kappa shape index (κ2) is 7.01. The van der Waals surface area contributed by atoms with Crippen LogP contribution in [0.15, 0.2) is 48.8 Å². The van der Waals surface area contributed by atoms with Gasteiger partial charge in [0, 0.05) is 18.9 Å². The van der Waals surface area contributed by atoms with Crippen molar-refractivity contribution in [3.63, 3.8) is 0 Å². The predicted molar refractivity (Wildman–Crippen MR) is 90.8 cm³/mol. The molecule has 126 valence electrons. The summed E-state index contributed by atoms with van der Waals surface area (Å²) in [6.45, 7) is 3.02. The highest BCUT2D eigenvalue weighted by Gasteiger charge is 2.38. The van der Waals surface area contributed by atoms with E-state index in [1.807, 2.05) is 43.3 Å². The minimum Gasteiger partial charge on any atom is -0.490 e. The molecule has 0 spiro atoms. The molecule has 3 rings (SSSR count). The first-order valence-corrected chi connectivity index (χ1v) is 8.13. The Kier molecular flexibility index (Phi) is 4.81. The van der Waals surface area contributed by atoms with E-state index in [9.17, 15) is 9.90 Å². The van der Waals surface area contributed by atoms with Crippen molar-refractivity contribution in [3.8, 4) is 5.75 Å². The van der Waals surface area contributed by atoms with Crippen LogP contribution in [-0.4, -0.2) is 46.2 Å². The molecule has 2 heterocycles. The summed E-state index contributed by atoms with van der Waals surface area (Å²) in [6.07, 6.45) is 4.22. The molecule has 2 aromatic rings. The van der Waals surface area contributed by atoms with Crippen molar-refractivity contribution >= 4 is 5.91 Å². The highest BCUT2D eigenvalue weighted by atomic mass is 16.5. The Bertz CT molecular complexity index is 705. The Hall–Kier alpha value is -2.40. The van der Waals surface area contributed by atoms with E-state index in [1.54, 1.807) is 17.3 Å². The molecular formula is C19H22N2O3. The lowest BCUT2D eigenvalue weighted by atomic mass is 10.1. The second-order valence-electron chi connectivity index (χ2n) is 6.38. The number of likely N-dealkylation sites (tertiary alicyclic amines) is 1. The Labute approximate surface area is 141 Å². The van der Waals surface area contributed by atoms with Crippen molar-refractivity contribution in [2.24, 2.45) is 0 Å². The molecule has 1 aliphatic rings. The van der Waals surface area contributed by atoms with Crippen LogP contribution in [0.3, 0.4) is 0 Å². The lowest BCUT2D eigenvalue weighted by Crippen LogP contribution is -2.41. The van der Waals surface area contributed by atoms with Gasteiger partial charge in [0.15, 0.2) is 0 Å². The number of aryl methyl sites for hydroxylation is 1. The summed E-state index contributed by atoms with van der Waals surface area (Å²) in [4.78, 5) is 18.0.